The number of nitrogens with zero attached hydrogens (tertiary/aromatic N) is 2. The summed E-state index contributed by atoms with van der Waals surface area (Å²) in [7, 11) is 0. The Bertz CT molecular complexity index is 2260. The molecule has 10 heteroatoms. The molecule has 1 aliphatic rings. The van der Waals surface area contributed by atoms with E-state index in [0.717, 1.165) is 33.4 Å². The standard InChI is InChI=1S/C47H38ClN5O3S/c48-31-39-41(43(54)49-39)51-44(55)42(53-56-47(36-25-13-4-14-26-36,37-27-15-5-16-28-37)38-29-17-6-18-30-38)40-32-57-45(50-40)52-46(33-19-7-1-8-20-33,34-21-9-2-10-22-34)35-23-11-3-12-24-35/h1-30,32,39,41H,31H2,(H,49,54)(H,50,52)(H,51,55)/b53-42+. The Morgan fingerprint density at radius 2 is 1.07 bits per heavy atom. The molecule has 1 saturated heterocycles. The van der Waals surface area contributed by atoms with Gasteiger partial charge in [-0.2, -0.15) is 0 Å². The number of nitrogens with one attached hydrogen (secondary N) is 3. The Morgan fingerprint density at radius 3 is 1.46 bits per heavy atom. The lowest BCUT2D eigenvalue weighted by Gasteiger charge is -2.36. The number of carbonyl (C=O) groups is 2. The van der Waals surface area contributed by atoms with Crippen LogP contribution < -0.4 is 16.0 Å². The summed E-state index contributed by atoms with van der Waals surface area (Å²) in [6, 6.07) is 58.6. The Hall–Kier alpha value is -6.55. The number of benzene rings is 6. The number of oxime groups is 1. The molecule has 282 valence electrons. The predicted octanol–water partition coefficient (Wildman–Crippen LogP) is 8.48. The van der Waals surface area contributed by atoms with Crippen LogP contribution in [0, 0.1) is 0 Å². The molecule has 2 atom stereocenters. The van der Waals surface area contributed by atoms with Gasteiger partial charge in [-0.25, -0.2) is 4.98 Å². The summed E-state index contributed by atoms with van der Waals surface area (Å²) in [6.07, 6.45) is 0. The Morgan fingerprint density at radius 1 is 0.667 bits per heavy atom. The number of thiazole rings is 1. The van der Waals surface area contributed by atoms with Crippen molar-refractivity contribution in [3.63, 3.8) is 0 Å². The van der Waals surface area contributed by atoms with Crippen LogP contribution in [0.25, 0.3) is 0 Å². The van der Waals surface area contributed by atoms with Crippen molar-refractivity contribution < 1.29 is 14.4 Å². The number of β-lactam (4-membered cyclic amide) rings is 1. The number of amides is 2. The summed E-state index contributed by atoms with van der Waals surface area (Å²) in [5, 5.41) is 16.4. The van der Waals surface area contributed by atoms with Crippen LogP contribution in [-0.2, 0) is 25.6 Å². The SMILES string of the molecule is O=C(NC1C(=O)NC1CCl)/C(=N/OC(c1ccccc1)(c1ccccc1)c1ccccc1)c1csc(NC(c2ccccc2)(c2ccccc2)c2ccccc2)n1. The molecule has 2 heterocycles. The van der Waals surface area contributed by atoms with E-state index in [0.29, 0.717) is 5.13 Å². The number of aromatic nitrogens is 1. The molecular formula is C47H38ClN5O3S. The van der Waals surface area contributed by atoms with E-state index in [9.17, 15) is 9.59 Å². The van der Waals surface area contributed by atoms with E-state index >= 15 is 0 Å². The highest BCUT2D eigenvalue weighted by Crippen LogP contribution is 2.42. The molecule has 0 bridgehead atoms. The first kappa shape index (κ1) is 37.4. The highest BCUT2D eigenvalue weighted by atomic mass is 35.5. The van der Waals surface area contributed by atoms with Crippen molar-refractivity contribution in [2.45, 2.75) is 23.2 Å². The van der Waals surface area contributed by atoms with Crippen molar-refractivity contribution in [2.75, 3.05) is 11.2 Å². The fraction of sp³-hybridized carbons (Fsp3) is 0.106. The average Bonchev–Trinajstić information content (AvgIpc) is 3.75. The van der Waals surface area contributed by atoms with Gasteiger partial charge >= 0.3 is 0 Å². The van der Waals surface area contributed by atoms with Crippen molar-refractivity contribution in [1.29, 1.82) is 0 Å². The van der Waals surface area contributed by atoms with E-state index in [1.165, 1.54) is 11.3 Å². The summed E-state index contributed by atoms with van der Waals surface area (Å²) in [5.74, 6) is -0.838. The maximum absolute atomic E-state index is 14.4. The molecule has 7 aromatic rings. The maximum Gasteiger partial charge on any atom is 0.276 e. The summed E-state index contributed by atoms with van der Waals surface area (Å²) in [4.78, 5) is 38.9. The monoisotopic (exact) mass is 787 g/mol. The molecule has 2 unspecified atom stereocenters. The number of rotatable bonds is 14. The van der Waals surface area contributed by atoms with E-state index in [1.54, 1.807) is 5.38 Å². The molecule has 57 heavy (non-hydrogen) atoms. The third-order valence-corrected chi connectivity index (χ3v) is 11.2. The number of anilines is 1. The molecule has 1 aliphatic heterocycles. The zero-order valence-corrected chi connectivity index (χ0v) is 32.2. The molecular weight excluding hydrogens is 750 g/mol. The van der Waals surface area contributed by atoms with E-state index in [1.807, 2.05) is 146 Å². The first-order valence-electron chi connectivity index (χ1n) is 18.5. The normalized spacial score (nSPS) is 15.5. The van der Waals surface area contributed by atoms with Gasteiger partial charge in [0.25, 0.3) is 5.91 Å². The Labute approximate surface area is 340 Å². The molecule has 1 fully saturated rings. The maximum atomic E-state index is 14.4. The number of halogens is 1. The fourth-order valence-corrected chi connectivity index (χ4v) is 8.33. The van der Waals surface area contributed by atoms with Crippen LogP contribution in [0.5, 0.6) is 0 Å². The van der Waals surface area contributed by atoms with Crippen LogP contribution >= 0.6 is 22.9 Å². The van der Waals surface area contributed by atoms with Crippen LogP contribution in [0.3, 0.4) is 0 Å². The molecule has 8 nitrogen and oxygen atoms in total. The van der Waals surface area contributed by atoms with Gasteiger partial charge in [-0.15, -0.1) is 22.9 Å². The third-order valence-electron chi connectivity index (χ3n) is 10.2. The molecule has 0 spiro atoms. The van der Waals surface area contributed by atoms with Crippen LogP contribution in [0.1, 0.15) is 39.1 Å². The summed E-state index contributed by atoms with van der Waals surface area (Å²) < 4.78 is 0. The van der Waals surface area contributed by atoms with Gasteiger partial charge in [0.15, 0.2) is 10.8 Å². The second kappa shape index (κ2) is 16.7. The second-order valence-corrected chi connectivity index (χ2v) is 14.7. The molecule has 0 aliphatic carbocycles. The molecule has 6 aromatic carbocycles. The van der Waals surface area contributed by atoms with Crippen LogP contribution in [-0.4, -0.2) is 40.5 Å². The molecule has 1 aromatic heterocycles. The van der Waals surface area contributed by atoms with Gasteiger partial charge < -0.3 is 20.8 Å². The van der Waals surface area contributed by atoms with Crippen molar-refractivity contribution in [2.24, 2.45) is 5.16 Å². The highest BCUT2D eigenvalue weighted by Gasteiger charge is 2.43. The minimum absolute atomic E-state index is 0.107. The smallest absolute Gasteiger partial charge is 0.276 e. The molecule has 0 radical (unpaired) electrons. The van der Waals surface area contributed by atoms with Crippen LogP contribution in [0.4, 0.5) is 5.13 Å². The molecule has 3 N–H and O–H groups in total. The molecule has 2 amide bonds. The zero-order valence-electron chi connectivity index (χ0n) is 30.7. The van der Waals surface area contributed by atoms with Gasteiger partial charge in [0, 0.05) is 28.0 Å². The fourth-order valence-electron chi connectivity index (χ4n) is 7.32. The first-order chi connectivity index (χ1) is 28.0. The first-order valence-corrected chi connectivity index (χ1v) is 19.9. The topological polar surface area (TPSA) is 105 Å². The minimum Gasteiger partial charge on any atom is -0.374 e. The summed E-state index contributed by atoms with van der Waals surface area (Å²) >= 11 is 7.48. The Kier molecular flexibility index (Phi) is 10.9. The number of hydrogen-bond acceptors (Lipinski definition) is 7. The van der Waals surface area contributed by atoms with E-state index < -0.39 is 29.1 Å². The van der Waals surface area contributed by atoms with Gasteiger partial charge in [0.1, 0.15) is 17.3 Å². The van der Waals surface area contributed by atoms with E-state index in [-0.39, 0.29) is 23.2 Å². The summed E-state index contributed by atoms with van der Waals surface area (Å²) in [5.41, 5.74) is 3.39. The average molecular weight is 788 g/mol. The third kappa shape index (κ3) is 7.31. The quantitative estimate of drug-likeness (QED) is 0.0338. The second-order valence-electron chi connectivity index (χ2n) is 13.5. The highest BCUT2D eigenvalue weighted by molar-refractivity contribution is 7.14. The minimum atomic E-state index is -1.28. The van der Waals surface area contributed by atoms with Gasteiger partial charge in [-0.05, 0) is 16.7 Å². The lowest BCUT2D eigenvalue weighted by Crippen LogP contribution is -2.70. The van der Waals surface area contributed by atoms with Crippen molar-refractivity contribution in [3.05, 3.63) is 226 Å². The van der Waals surface area contributed by atoms with Gasteiger partial charge in [-0.3, -0.25) is 9.59 Å². The largest absolute Gasteiger partial charge is 0.374 e. The lowest BCUT2D eigenvalue weighted by atomic mass is 9.77. The molecule has 0 saturated carbocycles. The number of carbonyl (C=O) groups excluding carboxylic acids is 2. The van der Waals surface area contributed by atoms with Crippen molar-refractivity contribution in [1.82, 2.24) is 15.6 Å². The number of alkyl halides is 1. The Balaban J connectivity index is 1.27. The van der Waals surface area contributed by atoms with Gasteiger partial charge in [0.05, 0.1) is 6.04 Å². The van der Waals surface area contributed by atoms with Crippen LogP contribution in [0.2, 0.25) is 0 Å². The number of hydrogen-bond donors (Lipinski definition) is 3. The molecule has 8 rings (SSSR count). The van der Waals surface area contributed by atoms with Crippen LogP contribution in [0.15, 0.2) is 193 Å². The van der Waals surface area contributed by atoms with E-state index in [4.69, 9.17) is 26.6 Å². The van der Waals surface area contributed by atoms with Crippen molar-refractivity contribution in [3.8, 4) is 0 Å². The lowest BCUT2D eigenvalue weighted by molar-refractivity contribution is -0.134. The van der Waals surface area contributed by atoms with Gasteiger partial charge in [-0.1, -0.05) is 187 Å². The zero-order chi connectivity index (χ0) is 39.1. The van der Waals surface area contributed by atoms with Gasteiger partial charge in [0.2, 0.25) is 11.5 Å². The predicted molar refractivity (Wildman–Crippen MR) is 226 cm³/mol. The van der Waals surface area contributed by atoms with E-state index in [2.05, 4.69) is 52.3 Å². The van der Waals surface area contributed by atoms with Crippen molar-refractivity contribution >= 4 is 45.6 Å². The summed E-state index contributed by atoms with van der Waals surface area (Å²) in [6.45, 7) is 0.